The van der Waals surface area contributed by atoms with Gasteiger partial charge in [-0.3, -0.25) is 0 Å². The fraction of sp³-hybridized carbons (Fsp3) is 0.571. The van der Waals surface area contributed by atoms with E-state index in [-0.39, 0.29) is 6.04 Å². The molecule has 0 spiro atoms. The lowest BCUT2D eigenvalue weighted by atomic mass is 10.2. The van der Waals surface area contributed by atoms with Gasteiger partial charge in [0.25, 0.3) is 0 Å². The van der Waals surface area contributed by atoms with Crippen LogP contribution in [-0.2, 0) is 10.0 Å². The monoisotopic (exact) mass is 267 g/mol. The van der Waals surface area contributed by atoms with Crippen molar-refractivity contribution in [2.75, 3.05) is 6.54 Å². The second kappa shape index (κ2) is 5.02. The summed E-state index contributed by atoms with van der Waals surface area (Å²) in [5.41, 5.74) is 1.94. The molecule has 0 radical (unpaired) electrons. The molecule has 1 aliphatic heterocycles. The maximum atomic E-state index is 12.7. The van der Waals surface area contributed by atoms with E-state index < -0.39 is 10.0 Å². The Morgan fingerprint density at radius 3 is 2.67 bits per heavy atom. The third kappa shape index (κ3) is 2.31. The summed E-state index contributed by atoms with van der Waals surface area (Å²) in [4.78, 5) is 0.466. The molecule has 0 aromatic heterocycles. The van der Waals surface area contributed by atoms with E-state index in [9.17, 15) is 8.42 Å². The Morgan fingerprint density at radius 1 is 1.33 bits per heavy atom. The molecule has 1 saturated heterocycles. The first-order valence-electron chi connectivity index (χ1n) is 6.56. The Kier molecular flexibility index (Phi) is 3.78. The van der Waals surface area contributed by atoms with E-state index in [0.717, 1.165) is 30.4 Å². The van der Waals surface area contributed by atoms with Gasteiger partial charge in [-0.25, -0.2) is 8.42 Å². The van der Waals surface area contributed by atoms with Crippen molar-refractivity contribution in [3.63, 3.8) is 0 Å². The van der Waals surface area contributed by atoms with E-state index >= 15 is 0 Å². The normalized spacial score (nSPS) is 21.4. The molecule has 1 atom stereocenters. The Morgan fingerprint density at radius 2 is 2.06 bits per heavy atom. The van der Waals surface area contributed by atoms with Crippen molar-refractivity contribution < 1.29 is 8.42 Å². The topological polar surface area (TPSA) is 37.4 Å². The number of rotatable bonds is 3. The number of hydrogen-bond acceptors (Lipinski definition) is 2. The molecular weight excluding hydrogens is 246 g/mol. The zero-order valence-electron chi connectivity index (χ0n) is 11.3. The fourth-order valence-electron chi connectivity index (χ4n) is 2.75. The van der Waals surface area contributed by atoms with Crippen molar-refractivity contribution in [3.05, 3.63) is 29.3 Å². The van der Waals surface area contributed by atoms with E-state index in [1.807, 2.05) is 26.0 Å². The molecule has 1 aromatic rings. The summed E-state index contributed by atoms with van der Waals surface area (Å²) >= 11 is 0. The molecular formula is C14H21NO2S. The number of nitrogens with zero attached hydrogens (tertiary/aromatic N) is 1. The molecule has 0 bridgehead atoms. The quantitative estimate of drug-likeness (QED) is 0.844. The van der Waals surface area contributed by atoms with Crippen molar-refractivity contribution in [1.82, 2.24) is 4.31 Å². The number of sulfonamides is 1. The van der Waals surface area contributed by atoms with Gasteiger partial charge in [-0.2, -0.15) is 4.31 Å². The zero-order valence-corrected chi connectivity index (χ0v) is 12.1. The summed E-state index contributed by atoms with van der Waals surface area (Å²) in [7, 11) is -3.31. The van der Waals surface area contributed by atoms with E-state index in [0.29, 0.717) is 11.4 Å². The highest BCUT2D eigenvalue weighted by Gasteiger charge is 2.34. The molecule has 1 fully saturated rings. The first-order chi connectivity index (χ1) is 8.46. The maximum absolute atomic E-state index is 12.7. The van der Waals surface area contributed by atoms with Gasteiger partial charge in [0.2, 0.25) is 10.0 Å². The molecule has 0 saturated carbocycles. The van der Waals surface area contributed by atoms with Gasteiger partial charge in [-0.05, 0) is 44.7 Å². The minimum Gasteiger partial charge on any atom is -0.207 e. The first-order valence-corrected chi connectivity index (χ1v) is 8.00. The Labute approximate surface area is 110 Å². The molecule has 1 aliphatic rings. The fourth-order valence-corrected chi connectivity index (χ4v) is 4.72. The van der Waals surface area contributed by atoms with Gasteiger partial charge in [0.1, 0.15) is 0 Å². The van der Waals surface area contributed by atoms with Crippen LogP contribution in [0.25, 0.3) is 0 Å². The average Bonchev–Trinajstić information content (AvgIpc) is 2.76. The van der Waals surface area contributed by atoms with Crippen LogP contribution in [0.1, 0.15) is 37.3 Å². The molecule has 100 valence electrons. The molecule has 1 aromatic carbocycles. The Bertz CT molecular complexity index is 537. The smallest absolute Gasteiger partial charge is 0.207 e. The van der Waals surface area contributed by atoms with Crippen LogP contribution >= 0.6 is 0 Å². The van der Waals surface area contributed by atoms with E-state index in [1.54, 1.807) is 10.4 Å². The second-order valence-corrected chi connectivity index (χ2v) is 6.95. The zero-order chi connectivity index (χ0) is 13.3. The number of benzene rings is 1. The molecule has 0 aliphatic carbocycles. The lowest BCUT2D eigenvalue weighted by Gasteiger charge is -2.24. The average molecular weight is 267 g/mol. The van der Waals surface area contributed by atoms with Gasteiger partial charge in [-0.15, -0.1) is 0 Å². The van der Waals surface area contributed by atoms with Crippen molar-refractivity contribution in [2.24, 2.45) is 0 Å². The summed E-state index contributed by atoms with van der Waals surface area (Å²) in [6.45, 7) is 6.57. The number of hydrogen-bond donors (Lipinski definition) is 0. The van der Waals surface area contributed by atoms with Crippen LogP contribution < -0.4 is 0 Å². The van der Waals surface area contributed by atoms with Gasteiger partial charge in [0.15, 0.2) is 0 Å². The predicted octanol–water partition coefficient (Wildman–Crippen LogP) is 2.87. The van der Waals surface area contributed by atoms with Crippen LogP contribution in [0.15, 0.2) is 23.1 Å². The highest BCUT2D eigenvalue weighted by Crippen LogP contribution is 2.29. The highest BCUT2D eigenvalue weighted by atomic mass is 32.2. The van der Waals surface area contributed by atoms with Crippen molar-refractivity contribution in [3.8, 4) is 0 Å². The Hall–Kier alpha value is -0.870. The van der Waals surface area contributed by atoms with Crippen LogP contribution in [-0.4, -0.2) is 25.3 Å². The van der Waals surface area contributed by atoms with Crippen molar-refractivity contribution >= 4 is 10.0 Å². The van der Waals surface area contributed by atoms with Gasteiger partial charge in [0, 0.05) is 12.6 Å². The van der Waals surface area contributed by atoms with Gasteiger partial charge >= 0.3 is 0 Å². The van der Waals surface area contributed by atoms with Crippen LogP contribution in [0.3, 0.4) is 0 Å². The van der Waals surface area contributed by atoms with Crippen LogP contribution in [0.4, 0.5) is 0 Å². The maximum Gasteiger partial charge on any atom is 0.243 e. The third-order valence-electron chi connectivity index (χ3n) is 3.71. The predicted molar refractivity (Wildman–Crippen MR) is 73.1 cm³/mol. The molecule has 0 N–H and O–H groups in total. The summed E-state index contributed by atoms with van der Waals surface area (Å²) in [6.07, 6.45) is 2.85. The summed E-state index contributed by atoms with van der Waals surface area (Å²) in [5, 5.41) is 0. The van der Waals surface area contributed by atoms with Crippen LogP contribution in [0, 0.1) is 13.8 Å². The molecule has 4 heteroatoms. The standard InChI is InChI=1S/C14H21NO2S/c1-4-13-6-5-9-15(13)18(16,17)14-8-7-11(2)10-12(14)3/h7-8,10,13H,4-6,9H2,1-3H3. The van der Waals surface area contributed by atoms with Gasteiger partial charge < -0.3 is 0 Å². The third-order valence-corrected chi connectivity index (χ3v) is 5.82. The van der Waals surface area contributed by atoms with Crippen molar-refractivity contribution in [2.45, 2.75) is 51.0 Å². The minimum atomic E-state index is -3.31. The number of aryl methyl sites for hydroxylation is 2. The summed E-state index contributed by atoms with van der Waals surface area (Å²) in [6, 6.07) is 5.72. The first kappa shape index (κ1) is 13.6. The van der Waals surface area contributed by atoms with Gasteiger partial charge in [0.05, 0.1) is 4.90 Å². The Balaban J connectivity index is 2.42. The molecule has 1 unspecified atom stereocenters. The van der Waals surface area contributed by atoms with E-state index in [4.69, 9.17) is 0 Å². The highest BCUT2D eigenvalue weighted by molar-refractivity contribution is 7.89. The molecule has 3 nitrogen and oxygen atoms in total. The van der Waals surface area contributed by atoms with E-state index in [1.165, 1.54) is 0 Å². The molecule has 2 rings (SSSR count). The summed E-state index contributed by atoms with van der Waals surface area (Å²) < 4.78 is 27.0. The minimum absolute atomic E-state index is 0.177. The van der Waals surface area contributed by atoms with Gasteiger partial charge in [-0.1, -0.05) is 24.6 Å². The lowest BCUT2D eigenvalue weighted by Crippen LogP contribution is -2.35. The lowest BCUT2D eigenvalue weighted by molar-refractivity contribution is 0.379. The molecule has 1 heterocycles. The van der Waals surface area contributed by atoms with Crippen LogP contribution in [0.2, 0.25) is 0 Å². The SMILES string of the molecule is CCC1CCCN1S(=O)(=O)c1ccc(C)cc1C. The van der Waals surface area contributed by atoms with Crippen molar-refractivity contribution in [1.29, 1.82) is 0 Å². The molecule has 18 heavy (non-hydrogen) atoms. The largest absolute Gasteiger partial charge is 0.243 e. The second-order valence-electron chi connectivity index (χ2n) is 5.09. The van der Waals surface area contributed by atoms with Crippen LogP contribution in [0.5, 0.6) is 0 Å². The molecule has 0 amide bonds. The van der Waals surface area contributed by atoms with E-state index in [2.05, 4.69) is 6.92 Å². The summed E-state index contributed by atoms with van der Waals surface area (Å²) in [5.74, 6) is 0.